The van der Waals surface area contributed by atoms with Gasteiger partial charge in [-0.15, -0.1) is 5.11 Å². The maximum Gasteiger partial charge on any atom is 0.337 e. The first kappa shape index (κ1) is 13.9. The molecule has 0 unspecified atom stereocenters. The Morgan fingerprint density at radius 1 is 1.00 bits per heavy atom. The summed E-state index contributed by atoms with van der Waals surface area (Å²) in [5.41, 5.74) is 2.44. The largest absolute Gasteiger partial charge is 0.478 e. The summed E-state index contributed by atoms with van der Waals surface area (Å²) >= 11 is 0. The van der Waals surface area contributed by atoms with Gasteiger partial charge in [-0.1, -0.05) is 38.1 Å². The molecular formula is C16H16N2O2. The highest BCUT2D eigenvalue weighted by molar-refractivity contribution is 5.93. The van der Waals surface area contributed by atoms with E-state index in [0.29, 0.717) is 17.3 Å². The number of hydrogen-bond acceptors (Lipinski definition) is 3. The van der Waals surface area contributed by atoms with Crippen molar-refractivity contribution in [2.75, 3.05) is 0 Å². The predicted molar refractivity (Wildman–Crippen MR) is 78.1 cm³/mol. The normalized spacial score (nSPS) is 11.2. The van der Waals surface area contributed by atoms with E-state index >= 15 is 0 Å². The Morgan fingerprint density at radius 2 is 1.65 bits per heavy atom. The van der Waals surface area contributed by atoms with E-state index in [1.807, 2.05) is 24.3 Å². The minimum atomic E-state index is -1.00. The van der Waals surface area contributed by atoms with Crippen molar-refractivity contribution in [1.29, 1.82) is 0 Å². The number of hydrogen-bond donors (Lipinski definition) is 1. The molecule has 4 nitrogen and oxygen atoms in total. The molecule has 0 aliphatic carbocycles. The van der Waals surface area contributed by atoms with Gasteiger partial charge in [0.25, 0.3) is 0 Å². The Kier molecular flexibility index (Phi) is 4.25. The summed E-state index contributed by atoms with van der Waals surface area (Å²) in [6, 6.07) is 14.3. The van der Waals surface area contributed by atoms with Crippen molar-refractivity contribution in [2.45, 2.75) is 19.8 Å². The van der Waals surface area contributed by atoms with Gasteiger partial charge in [-0.05, 0) is 35.7 Å². The number of benzene rings is 2. The topological polar surface area (TPSA) is 62.0 Å². The van der Waals surface area contributed by atoms with E-state index in [9.17, 15) is 4.79 Å². The van der Waals surface area contributed by atoms with Crippen LogP contribution in [-0.4, -0.2) is 11.1 Å². The minimum absolute atomic E-state index is 0.148. The van der Waals surface area contributed by atoms with Gasteiger partial charge < -0.3 is 5.11 Å². The molecule has 2 aromatic rings. The van der Waals surface area contributed by atoms with E-state index in [-0.39, 0.29) is 5.56 Å². The van der Waals surface area contributed by atoms with Gasteiger partial charge in [0.2, 0.25) is 0 Å². The molecule has 0 amide bonds. The van der Waals surface area contributed by atoms with Crippen molar-refractivity contribution >= 4 is 17.3 Å². The first-order valence-corrected chi connectivity index (χ1v) is 6.42. The van der Waals surface area contributed by atoms with Gasteiger partial charge in [0, 0.05) is 0 Å². The van der Waals surface area contributed by atoms with E-state index < -0.39 is 5.97 Å². The van der Waals surface area contributed by atoms with E-state index in [1.54, 1.807) is 18.2 Å². The number of aromatic carboxylic acids is 1. The van der Waals surface area contributed by atoms with Crippen molar-refractivity contribution in [3.63, 3.8) is 0 Å². The summed E-state index contributed by atoms with van der Waals surface area (Å²) in [5.74, 6) is -0.538. The summed E-state index contributed by atoms with van der Waals surface area (Å²) in [6.07, 6.45) is 0. The van der Waals surface area contributed by atoms with Crippen LogP contribution in [0.2, 0.25) is 0 Å². The molecule has 0 aromatic heterocycles. The molecule has 0 spiro atoms. The van der Waals surface area contributed by atoms with Crippen LogP contribution in [0.1, 0.15) is 35.7 Å². The third kappa shape index (κ3) is 3.29. The molecule has 0 radical (unpaired) electrons. The number of carbonyl (C=O) groups is 1. The second kappa shape index (κ2) is 6.10. The average Bonchev–Trinajstić information content (AvgIpc) is 2.45. The van der Waals surface area contributed by atoms with E-state index in [1.165, 1.54) is 11.6 Å². The van der Waals surface area contributed by atoms with Gasteiger partial charge in [0.1, 0.15) is 5.69 Å². The molecule has 2 aromatic carbocycles. The van der Waals surface area contributed by atoms with Crippen molar-refractivity contribution in [1.82, 2.24) is 0 Å². The first-order chi connectivity index (χ1) is 9.58. The van der Waals surface area contributed by atoms with Gasteiger partial charge in [-0.3, -0.25) is 0 Å². The maximum atomic E-state index is 11.1. The average molecular weight is 268 g/mol. The Bertz CT molecular complexity index is 631. The van der Waals surface area contributed by atoms with Crippen molar-refractivity contribution < 1.29 is 9.90 Å². The zero-order valence-corrected chi connectivity index (χ0v) is 11.4. The van der Waals surface area contributed by atoms with E-state index in [4.69, 9.17) is 5.11 Å². The zero-order valence-electron chi connectivity index (χ0n) is 11.4. The molecule has 4 heteroatoms. The van der Waals surface area contributed by atoms with Crippen molar-refractivity contribution in [3.05, 3.63) is 59.7 Å². The van der Waals surface area contributed by atoms with E-state index in [0.717, 1.165) is 0 Å². The predicted octanol–water partition coefficient (Wildman–Crippen LogP) is 4.92. The van der Waals surface area contributed by atoms with E-state index in [2.05, 4.69) is 24.1 Å². The first-order valence-electron chi connectivity index (χ1n) is 6.42. The summed E-state index contributed by atoms with van der Waals surface area (Å²) in [7, 11) is 0. The Morgan fingerprint density at radius 3 is 2.25 bits per heavy atom. The number of nitrogens with zero attached hydrogens (tertiary/aromatic N) is 2. The monoisotopic (exact) mass is 268 g/mol. The van der Waals surface area contributed by atoms with Gasteiger partial charge in [-0.2, -0.15) is 5.11 Å². The van der Waals surface area contributed by atoms with Gasteiger partial charge in [0.05, 0.1) is 11.3 Å². The number of rotatable bonds is 4. The lowest BCUT2D eigenvalue weighted by atomic mass is 10.0. The molecule has 0 atom stereocenters. The molecule has 2 rings (SSSR count). The fourth-order valence-electron chi connectivity index (χ4n) is 1.78. The maximum absolute atomic E-state index is 11.1. The van der Waals surface area contributed by atoms with Gasteiger partial charge >= 0.3 is 5.97 Å². The highest BCUT2D eigenvalue weighted by atomic mass is 16.4. The summed E-state index contributed by atoms with van der Waals surface area (Å²) in [6.45, 7) is 4.25. The Hall–Kier alpha value is -2.49. The molecule has 20 heavy (non-hydrogen) atoms. The highest BCUT2D eigenvalue weighted by Gasteiger charge is 2.07. The van der Waals surface area contributed by atoms with Crippen LogP contribution in [-0.2, 0) is 0 Å². The summed E-state index contributed by atoms with van der Waals surface area (Å²) in [4.78, 5) is 11.1. The second-order valence-electron chi connectivity index (χ2n) is 4.77. The SMILES string of the molecule is CC(C)c1ccc(N=Nc2ccccc2C(=O)O)cc1. The number of azo groups is 1. The lowest BCUT2D eigenvalue weighted by Gasteiger charge is -2.04. The molecular weight excluding hydrogens is 252 g/mol. The Balaban J connectivity index is 2.23. The van der Waals surface area contributed by atoms with Crippen molar-refractivity contribution in [2.24, 2.45) is 10.2 Å². The third-order valence-corrected chi connectivity index (χ3v) is 2.97. The van der Waals surface area contributed by atoms with Gasteiger partial charge in [0.15, 0.2) is 0 Å². The molecule has 0 fully saturated rings. The molecule has 102 valence electrons. The van der Waals surface area contributed by atoms with Crippen LogP contribution < -0.4 is 0 Å². The van der Waals surface area contributed by atoms with Crippen LogP contribution in [0.15, 0.2) is 58.8 Å². The lowest BCUT2D eigenvalue weighted by molar-refractivity contribution is 0.0698. The second-order valence-corrected chi connectivity index (χ2v) is 4.77. The van der Waals surface area contributed by atoms with Crippen LogP contribution >= 0.6 is 0 Å². The molecule has 1 N–H and O–H groups in total. The lowest BCUT2D eigenvalue weighted by Crippen LogP contribution is -1.95. The quantitative estimate of drug-likeness (QED) is 0.799. The number of carboxylic acid groups (broad SMARTS) is 1. The smallest absolute Gasteiger partial charge is 0.337 e. The fourth-order valence-corrected chi connectivity index (χ4v) is 1.78. The minimum Gasteiger partial charge on any atom is -0.478 e. The van der Waals surface area contributed by atoms with Crippen LogP contribution in [0.5, 0.6) is 0 Å². The third-order valence-electron chi connectivity index (χ3n) is 2.97. The standard InChI is InChI=1S/C16H16N2O2/c1-11(2)12-7-9-13(10-8-12)17-18-15-6-4-3-5-14(15)16(19)20/h3-11H,1-2H3,(H,19,20). The molecule has 0 bridgehead atoms. The van der Waals surface area contributed by atoms with Gasteiger partial charge in [-0.25, -0.2) is 4.79 Å². The van der Waals surface area contributed by atoms with Crippen LogP contribution in [0.4, 0.5) is 11.4 Å². The van der Waals surface area contributed by atoms with Crippen LogP contribution in [0.25, 0.3) is 0 Å². The summed E-state index contributed by atoms with van der Waals surface area (Å²) < 4.78 is 0. The Labute approximate surface area is 117 Å². The molecule has 0 aliphatic rings. The summed E-state index contributed by atoms with van der Waals surface area (Å²) in [5, 5.41) is 17.2. The molecule has 0 heterocycles. The van der Waals surface area contributed by atoms with Crippen LogP contribution in [0.3, 0.4) is 0 Å². The molecule has 0 saturated carbocycles. The van der Waals surface area contributed by atoms with Crippen molar-refractivity contribution in [3.8, 4) is 0 Å². The zero-order chi connectivity index (χ0) is 14.5. The fraction of sp³-hybridized carbons (Fsp3) is 0.188. The van der Waals surface area contributed by atoms with Crippen LogP contribution in [0, 0.1) is 0 Å². The highest BCUT2D eigenvalue weighted by Crippen LogP contribution is 2.23. The molecule has 0 saturated heterocycles. The molecule has 0 aliphatic heterocycles. The number of carboxylic acids is 1.